The zero-order valence-corrected chi connectivity index (χ0v) is 15.1. The van der Waals surface area contributed by atoms with E-state index in [1.807, 2.05) is 54.4 Å². The van der Waals surface area contributed by atoms with E-state index in [0.717, 1.165) is 35.4 Å². The summed E-state index contributed by atoms with van der Waals surface area (Å²) < 4.78 is 7.38. The molecule has 3 heterocycles. The number of carbonyl (C=O) groups is 1. The van der Waals surface area contributed by atoms with Crippen molar-refractivity contribution in [3.63, 3.8) is 0 Å². The number of methoxy groups -OCH3 is 1. The summed E-state index contributed by atoms with van der Waals surface area (Å²) in [7, 11) is 1.70. The first kappa shape index (κ1) is 16.7. The fourth-order valence-corrected chi connectivity index (χ4v) is 3.58. The second-order valence-corrected chi connectivity index (χ2v) is 6.57. The van der Waals surface area contributed by atoms with Crippen molar-refractivity contribution >= 4 is 16.8 Å². The number of para-hydroxylation sites is 1. The van der Waals surface area contributed by atoms with E-state index in [2.05, 4.69) is 14.5 Å². The Morgan fingerprint density at radius 1 is 1.23 bits per heavy atom. The molecule has 0 spiro atoms. The van der Waals surface area contributed by atoms with Crippen LogP contribution in [0.15, 0.2) is 42.6 Å². The van der Waals surface area contributed by atoms with Crippen molar-refractivity contribution in [1.82, 2.24) is 19.4 Å². The fourth-order valence-electron chi connectivity index (χ4n) is 3.58. The molecular weight excluding hydrogens is 328 g/mol. The quantitative estimate of drug-likeness (QED) is 0.726. The third-order valence-electron chi connectivity index (χ3n) is 5.02. The van der Waals surface area contributed by atoms with Gasteiger partial charge in [-0.2, -0.15) is 0 Å². The van der Waals surface area contributed by atoms with Crippen LogP contribution in [0.5, 0.6) is 0 Å². The van der Waals surface area contributed by atoms with Gasteiger partial charge in [-0.05, 0) is 19.1 Å². The summed E-state index contributed by atoms with van der Waals surface area (Å²) in [4.78, 5) is 24.0. The molecule has 1 aliphatic rings. The molecule has 1 aliphatic heterocycles. The highest BCUT2D eigenvalue weighted by molar-refractivity contribution is 5.95. The van der Waals surface area contributed by atoms with E-state index in [-0.39, 0.29) is 11.9 Å². The van der Waals surface area contributed by atoms with Gasteiger partial charge in [0.15, 0.2) is 0 Å². The van der Waals surface area contributed by atoms with Crippen LogP contribution in [0, 0.1) is 0 Å². The Bertz CT molecular complexity index is 950. The third-order valence-corrected chi connectivity index (χ3v) is 5.02. The van der Waals surface area contributed by atoms with Gasteiger partial charge in [-0.15, -0.1) is 0 Å². The predicted molar refractivity (Wildman–Crippen MR) is 99.0 cm³/mol. The highest BCUT2D eigenvalue weighted by atomic mass is 16.5. The van der Waals surface area contributed by atoms with E-state index in [0.29, 0.717) is 18.8 Å². The van der Waals surface area contributed by atoms with Crippen LogP contribution >= 0.6 is 0 Å². The lowest BCUT2D eigenvalue weighted by molar-refractivity contribution is 0.0630. The summed E-state index contributed by atoms with van der Waals surface area (Å²) in [6.45, 7) is 4.09. The number of pyridine rings is 1. The van der Waals surface area contributed by atoms with Gasteiger partial charge < -0.3 is 14.2 Å². The summed E-state index contributed by atoms with van der Waals surface area (Å²) in [6.07, 6.45) is 2.73. The van der Waals surface area contributed by atoms with Gasteiger partial charge in [-0.1, -0.05) is 24.3 Å². The van der Waals surface area contributed by atoms with Crippen molar-refractivity contribution in [2.45, 2.75) is 25.9 Å². The molecule has 0 radical (unpaired) electrons. The van der Waals surface area contributed by atoms with Gasteiger partial charge in [-0.25, -0.2) is 9.97 Å². The molecule has 6 heteroatoms. The van der Waals surface area contributed by atoms with Gasteiger partial charge in [0.1, 0.15) is 11.5 Å². The van der Waals surface area contributed by atoms with Crippen LogP contribution in [0.1, 0.15) is 35.0 Å². The number of fused-ring (bicyclic) bond motifs is 2. The number of rotatable bonds is 4. The highest BCUT2D eigenvalue weighted by Gasteiger charge is 2.31. The minimum absolute atomic E-state index is 0.0454. The maximum absolute atomic E-state index is 13.0. The molecule has 0 N–H and O–H groups in total. The lowest BCUT2D eigenvalue weighted by atomic mass is 10.1. The summed E-state index contributed by atoms with van der Waals surface area (Å²) >= 11 is 0. The molecule has 0 aliphatic carbocycles. The largest absolute Gasteiger partial charge is 0.384 e. The fraction of sp³-hybridized carbons (Fsp3) is 0.350. The van der Waals surface area contributed by atoms with Crippen molar-refractivity contribution in [3.8, 4) is 0 Å². The second kappa shape index (κ2) is 6.88. The predicted octanol–water partition coefficient (Wildman–Crippen LogP) is 2.84. The van der Waals surface area contributed by atoms with Gasteiger partial charge in [0.2, 0.25) is 0 Å². The topological polar surface area (TPSA) is 60.2 Å². The number of aromatic nitrogens is 3. The molecule has 1 amide bonds. The maximum Gasteiger partial charge on any atom is 0.273 e. The van der Waals surface area contributed by atoms with Crippen LogP contribution < -0.4 is 0 Å². The number of nitrogens with zero attached hydrogens (tertiary/aromatic N) is 4. The van der Waals surface area contributed by atoms with Crippen LogP contribution in [-0.4, -0.2) is 45.6 Å². The molecule has 3 aromatic rings. The Balaban J connectivity index is 1.59. The Kier molecular flexibility index (Phi) is 4.42. The van der Waals surface area contributed by atoms with Crippen LogP contribution in [0.4, 0.5) is 0 Å². The standard InChI is InChI=1S/C20H22N4O2/c1-14-19-21-13-16(9-12-26-2)24(19)11-10-23(14)20(25)18-8-7-15-5-3-4-6-17(15)22-18/h3-8,13-14H,9-12H2,1-2H3. The number of amides is 1. The molecule has 6 nitrogen and oxygen atoms in total. The molecule has 1 atom stereocenters. The van der Waals surface area contributed by atoms with E-state index >= 15 is 0 Å². The van der Waals surface area contributed by atoms with Gasteiger partial charge >= 0.3 is 0 Å². The lowest BCUT2D eigenvalue weighted by Gasteiger charge is -2.34. The molecule has 0 saturated carbocycles. The molecule has 26 heavy (non-hydrogen) atoms. The number of benzene rings is 1. The normalized spacial score (nSPS) is 16.7. The van der Waals surface area contributed by atoms with Gasteiger partial charge in [-0.3, -0.25) is 4.79 Å². The lowest BCUT2D eigenvalue weighted by Crippen LogP contribution is -2.41. The number of hydrogen-bond donors (Lipinski definition) is 0. The molecule has 134 valence electrons. The van der Waals surface area contributed by atoms with Crippen LogP contribution in [0.25, 0.3) is 10.9 Å². The minimum atomic E-state index is -0.0826. The van der Waals surface area contributed by atoms with Gasteiger partial charge in [0.25, 0.3) is 5.91 Å². The highest BCUT2D eigenvalue weighted by Crippen LogP contribution is 2.27. The van der Waals surface area contributed by atoms with Crippen LogP contribution in [0.3, 0.4) is 0 Å². The molecule has 1 aromatic carbocycles. The van der Waals surface area contributed by atoms with E-state index in [4.69, 9.17) is 4.74 Å². The van der Waals surface area contributed by atoms with Crippen LogP contribution in [0.2, 0.25) is 0 Å². The van der Waals surface area contributed by atoms with E-state index < -0.39 is 0 Å². The molecule has 2 aromatic heterocycles. The number of ether oxygens (including phenoxy) is 1. The number of hydrogen-bond acceptors (Lipinski definition) is 4. The molecule has 0 saturated heterocycles. The summed E-state index contributed by atoms with van der Waals surface area (Å²) in [5.41, 5.74) is 2.48. The van der Waals surface area contributed by atoms with Crippen molar-refractivity contribution < 1.29 is 9.53 Å². The Morgan fingerprint density at radius 3 is 2.92 bits per heavy atom. The van der Waals surface area contributed by atoms with Gasteiger partial charge in [0, 0.05) is 43.9 Å². The maximum atomic E-state index is 13.0. The first-order valence-electron chi connectivity index (χ1n) is 8.89. The van der Waals surface area contributed by atoms with Crippen molar-refractivity contribution in [1.29, 1.82) is 0 Å². The molecule has 0 fully saturated rings. The molecular formula is C20H22N4O2. The van der Waals surface area contributed by atoms with E-state index in [9.17, 15) is 4.79 Å². The second-order valence-electron chi connectivity index (χ2n) is 6.57. The smallest absolute Gasteiger partial charge is 0.273 e. The monoisotopic (exact) mass is 350 g/mol. The van der Waals surface area contributed by atoms with E-state index in [1.54, 1.807) is 7.11 Å². The zero-order chi connectivity index (χ0) is 18.1. The van der Waals surface area contributed by atoms with Gasteiger partial charge in [0.05, 0.1) is 18.2 Å². The zero-order valence-electron chi connectivity index (χ0n) is 15.1. The van der Waals surface area contributed by atoms with Crippen molar-refractivity contribution in [2.24, 2.45) is 0 Å². The first-order valence-corrected chi connectivity index (χ1v) is 8.89. The Hall–Kier alpha value is -2.73. The number of carbonyl (C=O) groups excluding carboxylic acids is 1. The SMILES string of the molecule is COCCc1cnc2n1CCN(C(=O)c1ccc3ccccc3n1)C2C. The van der Waals surface area contributed by atoms with E-state index in [1.165, 1.54) is 0 Å². The Morgan fingerprint density at radius 2 is 2.08 bits per heavy atom. The summed E-state index contributed by atoms with van der Waals surface area (Å²) in [6, 6.07) is 11.5. The number of imidazole rings is 1. The minimum Gasteiger partial charge on any atom is -0.384 e. The molecule has 1 unspecified atom stereocenters. The molecule has 4 rings (SSSR count). The van der Waals surface area contributed by atoms with Crippen LogP contribution in [-0.2, 0) is 17.7 Å². The Labute approximate surface area is 152 Å². The average Bonchev–Trinajstić information content (AvgIpc) is 3.09. The summed E-state index contributed by atoms with van der Waals surface area (Å²) in [5, 5.41) is 1.04. The third kappa shape index (κ3) is 2.86. The summed E-state index contributed by atoms with van der Waals surface area (Å²) in [5.74, 6) is 0.882. The average molecular weight is 350 g/mol. The van der Waals surface area contributed by atoms with Crippen molar-refractivity contribution in [3.05, 3.63) is 59.8 Å². The van der Waals surface area contributed by atoms with Crippen molar-refractivity contribution in [2.75, 3.05) is 20.3 Å². The first-order chi connectivity index (χ1) is 12.7. The molecule has 0 bridgehead atoms.